The van der Waals surface area contributed by atoms with Crippen molar-refractivity contribution in [2.75, 3.05) is 39.3 Å². The second-order valence-electron chi connectivity index (χ2n) is 6.01. The van der Waals surface area contributed by atoms with Crippen LogP contribution in [0.1, 0.15) is 40.0 Å². The third-order valence-corrected chi connectivity index (χ3v) is 3.53. The lowest BCUT2D eigenvalue weighted by Gasteiger charge is -2.39. The summed E-state index contributed by atoms with van der Waals surface area (Å²) in [5.74, 6) is 1.19. The predicted molar refractivity (Wildman–Crippen MR) is 80.2 cm³/mol. The summed E-state index contributed by atoms with van der Waals surface area (Å²) < 4.78 is 0. The number of likely N-dealkylation sites (tertiary alicyclic amines) is 1. The molecule has 0 unspecified atom stereocenters. The molecular formula is C15H31N3O. The molecule has 0 aromatic rings. The zero-order valence-corrected chi connectivity index (χ0v) is 12.9. The first-order valence-corrected chi connectivity index (χ1v) is 7.84. The van der Waals surface area contributed by atoms with Gasteiger partial charge in [0.05, 0.1) is 5.92 Å². The molecule has 0 atom stereocenters. The maximum Gasteiger partial charge on any atom is 0.225 e. The Morgan fingerprint density at radius 1 is 1.21 bits per heavy atom. The van der Waals surface area contributed by atoms with Gasteiger partial charge in [-0.05, 0) is 31.8 Å². The van der Waals surface area contributed by atoms with Gasteiger partial charge in [-0.3, -0.25) is 4.79 Å². The Morgan fingerprint density at radius 2 is 1.89 bits per heavy atom. The number of unbranched alkanes of at least 4 members (excludes halogenated alkanes) is 2. The maximum atomic E-state index is 11.8. The van der Waals surface area contributed by atoms with E-state index in [-0.39, 0.29) is 11.8 Å². The van der Waals surface area contributed by atoms with Crippen molar-refractivity contribution in [3.05, 3.63) is 0 Å². The summed E-state index contributed by atoms with van der Waals surface area (Å²) in [6.07, 6.45) is 3.49. The quantitative estimate of drug-likeness (QED) is 0.590. The van der Waals surface area contributed by atoms with Crippen molar-refractivity contribution in [2.45, 2.75) is 40.0 Å². The van der Waals surface area contributed by atoms with Gasteiger partial charge >= 0.3 is 0 Å². The standard InChI is InChI=1S/C15H31N3O/c1-4-16-8-6-5-7-9-17-15(19)14-11-18(12-14)10-13(2)3/h13-14,16H,4-12H2,1-3H3,(H,17,19). The van der Waals surface area contributed by atoms with E-state index in [0.717, 1.165) is 45.7 Å². The van der Waals surface area contributed by atoms with Gasteiger partial charge in [-0.25, -0.2) is 0 Å². The number of nitrogens with one attached hydrogen (secondary N) is 2. The lowest BCUT2D eigenvalue weighted by Crippen LogP contribution is -2.54. The van der Waals surface area contributed by atoms with E-state index in [1.807, 2.05) is 0 Å². The van der Waals surface area contributed by atoms with Crippen LogP contribution in [0.15, 0.2) is 0 Å². The van der Waals surface area contributed by atoms with E-state index in [9.17, 15) is 4.79 Å². The van der Waals surface area contributed by atoms with Crippen LogP contribution in [0.2, 0.25) is 0 Å². The van der Waals surface area contributed by atoms with Crippen molar-refractivity contribution in [1.29, 1.82) is 0 Å². The molecule has 0 aromatic carbocycles. The highest BCUT2D eigenvalue weighted by atomic mass is 16.2. The van der Waals surface area contributed by atoms with E-state index >= 15 is 0 Å². The predicted octanol–water partition coefficient (Wildman–Crippen LogP) is 1.47. The van der Waals surface area contributed by atoms with Crippen LogP contribution in [0, 0.1) is 11.8 Å². The molecule has 0 aromatic heterocycles. The smallest absolute Gasteiger partial charge is 0.225 e. The minimum Gasteiger partial charge on any atom is -0.356 e. The van der Waals surface area contributed by atoms with Gasteiger partial charge in [-0.1, -0.05) is 27.2 Å². The van der Waals surface area contributed by atoms with Crippen molar-refractivity contribution in [2.24, 2.45) is 11.8 Å². The summed E-state index contributed by atoms with van der Waals surface area (Å²) in [5, 5.41) is 6.38. The molecule has 2 N–H and O–H groups in total. The summed E-state index contributed by atoms with van der Waals surface area (Å²) in [7, 11) is 0. The van der Waals surface area contributed by atoms with Crippen LogP contribution in [-0.4, -0.2) is 50.1 Å². The second-order valence-corrected chi connectivity index (χ2v) is 6.01. The van der Waals surface area contributed by atoms with Crippen LogP contribution >= 0.6 is 0 Å². The summed E-state index contributed by atoms with van der Waals surface area (Å²) in [5.41, 5.74) is 0. The third kappa shape index (κ3) is 6.92. The van der Waals surface area contributed by atoms with Gasteiger partial charge in [-0.2, -0.15) is 0 Å². The molecule has 0 saturated carbocycles. The van der Waals surface area contributed by atoms with Crippen molar-refractivity contribution in [1.82, 2.24) is 15.5 Å². The van der Waals surface area contributed by atoms with E-state index in [0.29, 0.717) is 5.92 Å². The Bertz CT molecular complexity index is 250. The highest BCUT2D eigenvalue weighted by Crippen LogP contribution is 2.16. The van der Waals surface area contributed by atoms with E-state index in [2.05, 4.69) is 36.3 Å². The molecule has 0 aliphatic carbocycles. The lowest BCUT2D eigenvalue weighted by molar-refractivity contribution is -0.130. The number of carbonyl (C=O) groups is 1. The zero-order valence-electron chi connectivity index (χ0n) is 12.9. The molecule has 1 aliphatic rings. The van der Waals surface area contributed by atoms with Gasteiger partial charge in [0.1, 0.15) is 0 Å². The van der Waals surface area contributed by atoms with Gasteiger partial charge in [0.2, 0.25) is 5.91 Å². The van der Waals surface area contributed by atoms with Crippen molar-refractivity contribution in [3.63, 3.8) is 0 Å². The normalized spacial score (nSPS) is 16.6. The number of rotatable bonds is 10. The van der Waals surface area contributed by atoms with E-state index in [1.165, 1.54) is 12.8 Å². The number of hydrogen-bond donors (Lipinski definition) is 2. The minimum absolute atomic E-state index is 0.237. The number of hydrogen-bond acceptors (Lipinski definition) is 3. The van der Waals surface area contributed by atoms with E-state index in [1.54, 1.807) is 0 Å². The Balaban J connectivity index is 1.92. The van der Waals surface area contributed by atoms with Gasteiger partial charge in [-0.15, -0.1) is 0 Å². The molecule has 1 heterocycles. The first-order valence-electron chi connectivity index (χ1n) is 7.84. The van der Waals surface area contributed by atoms with E-state index in [4.69, 9.17) is 0 Å². The highest BCUT2D eigenvalue weighted by Gasteiger charge is 2.32. The number of nitrogens with zero attached hydrogens (tertiary/aromatic N) is 1. The number of amides is 1. The first kappa shape index (κ1) is 16.4. The molecular weight excluding hydrogens is 238 g/mol. The van der Waals surface area contributed by atoms with Crippen molar-refractivity contribution >= 4 is 5.91 Å². The molecule has 1 saturated heterocycles. The SMILES string of the molecule is CCNCCCCCNC(=O)C1CN(CC(C)C)C1. The molecule has 4 nitrogen and oxygen atoms in total. The van der Waals surface area contributed by atoms with Crippen LogP contribution in [0.25, 0.3) is 0 Å². The largest absolute Gasteiger partial charge is 0.356 e. The summed E-state index contributed by atoms with van der Waals surface area (Å²) in [6.45, 7) is 12.6. The Labute approximate surface area is 118 Å². The molecule has 19 heavy (non-hydrogen) atoms. The Hall–Kier alpha value is -0.610. The average molecular weight is 269 g/mol. The maximum absolute atomic E-state index is 11.8. The molecule has 112 valence electrons. The summed E-state index contributed by atoms with van der Waals surface area (Å²) in [4.78, 5) is 14.2. The minimum atomic E-state index is 0.237. The fourth-order valence-corrected chi connectivity index (χ4v) is 2.49. The molecule has 0 spiro atoms. The average Bonchev–Trinajstić information content (AvgIpc) is 2.31. The molecule has 1 rings (SSSR count). The van der Waals surface area contributed by atoms with Crippen molar-refractivity contribution < 1.29 is 4.79 Å². The van der Waals surface area contributed by atoms with Gasteiger partial charge in [0, 0.05) is 26.2 Å². The van der Waals surface area contributed by atoms with Crippen LogP contribution in [0.4, 0.5) is 0 Å². The Kier molecular flexibility index (Phi) is 8.07. The fraction of sp³-hybridized carbons (Fsp3) is 0.933. The highest BCUT2D eigenvalue weighted by molar-refractivity contribution is 5.79. The molecule has 0 radical (unpaired) electrons. The second kappa shape index (κ2) is 9.32. The van der Waals surface area contributed by atoms with Crippen LogP contribution in [0.3, 0.4) is 0 Å². The van der Waals surface area contributed by atoms with E-state index < -0.39 is 0 Å². The molecule has 4 heteroatoms. The summed E-state index contributed by atoms with van der Waals surface area (Å²) >= 11 is 0. The monoisotopic (exact) mass is 269 g/mol. The fourth-order valence-electron chi connectivity index (χ4n) is 2.49. The molecule has 1 aliphatic heterocycles. The lowest BCUT2D eigenvalue weighted by atomic mass is 9.97. The van der Waals surface area contributed by atoms with Crippen molar-refractivity contribution in [3.8, 4) is 0 Å². The first-order chi connectivity index (χ1) is 9.13. The Morgan fingerprint density at radius 3 is 2.53 bits per heavy atom. The summed E-state index contributed by atoms with van der Waals surface area (Å²) in [6, 6.07) is 0. The van der Waals surface area contributed by atoms with Gasteiger partial charge in [0.25, 0.3) is 0 Å². The van der Waals surface area contributed by atoms with Crippen LogP contribution in [-0.2, 0) is 4.79 Å². The van der Waals surface area contributed by atoms with Gasteiger partial charge < -0.3 is 15.5 Å². The van der Waals surface area contributed by atoms with Crippen LogP contribution in [0.5, 0.6) is 0 Å². The van der Waals surface area contributed by atoms with Gasteiger partial charge in [0.15, 0.2) is 0 Å². The molecule has 1 fully saturated rings. The zero-order chi connectivity index (χ0) is 14.1. The topological polar surface area (TPSA) is 44.4 Å². The third-order valence-electron chi connectivity index (χ3n) is 3.53. The molecule has 0 bridgehead atoms. The number of carbonyl (C=O) groups excluding carboxylic acids is 1. The van der Waals surface area contributed by atoms with Crippen LogP contribution < -0.4 is 10.6 Å². The molecule has 1 amide bonds.